The third kappa shape index (κ3) is 4.73. The Labute approximate surface area is 179 Å². The molecule has 10 heteroatoms. The van der Waals surface area contributed by atoms with E-state index in [9.17, 15) is 17.6 Å². The Morgan fingerprint density at radius 3 is 2.77 bits per heavy atom. The highest BCUT2D eigenvalue weighted by molar-refractivity contribution is 7.89. The van der Waals surface area contributed by atoms with Crippen LogP contribution in [0, 0.1) is 17.1 Å². The predicted octanol–water partition coefficient (Wildman–Crippen LogP) is 2.82. The van der Waals surface area contributed by atoms with E-state index in [1.54, 1.807) is 30.3 Å². The van der Waals surface area contributed by atoms with Crippen molar-refractivity contribution in [3.8, 4) is 11.9 Å². The molecule has 0 bridgehead atoms. The second-order valence-electron chi connectivity index (χ2n) is 7.27. The van der Waals surface area contributed by atoms with E-state index in [0.29, 0.717) is 12.1 Å². The molecular weight excluding hydrogens is 423 g/mol. The van der Waals surface area contributed by atoms with Crippen molar-refractivity contribution in [3.05, 3.63) is 59.5 Å². The number of benzene rings is 1. The molecule has 0 atom stereocenters. The van der Waals surface area contributed by atoms with Gasteiger partial charge in [0, 0.05) is 25.2 Å². The number of ether oxygens (including phenoxy) is 1. The van der Waals surface area contributed by atoms with Crippen LogP contribution in [-0.4, -0.2) is 42.9 Å². The maximum Gasteiger partial charge on any atom is 0.414 e. The first-order valence-electron chi connectivity index (χ1n) is 9.71. The minimum absolute atomic E-state index is 0.103. The summed E-state index contributed by atoms with van der Waals surface area (Å²) in [6, 6.07) is 10.1. The molecule has 2 heterocycles. The summed E-state index contributed by atoms with van der Waals surface area (Å²) in [7, 11) is -3.87. The van der Waals surface area contributed by atoms with Crippen LogP contribution in [0.5, 0.6) is 5.88 Å². The van der Waals surface area contributed by atoms with E-state index in [-0.39, 0.29) is 35.5 Å². The molecule has 1 amide bonds. The van der Waals surface area contributed by atoms with Crippen LogP contribution < -0.4 is 10.1 Å². The number of nitriles is 1. The van der Waals surface area contributed by atoms with Crippen molar-refractivity contribution in [3.63, 3.8) is 0 Å². The Morgan fingerprint density at radius 2 is 2.10 bits per heavy atom. The number of hydrogen-bond donors (Lipinski definition) is 1. The van der Waals surface area contributed by atoms with Gasteiger partial charge in [-0.3, -0.25) is 0 Å². The Kier molecular flexibility index (Phi) is 5.71. The van der Waals surface area contributed by atoms with Crippen molar-refractivity contribution in [2.24, 2.45) is 0 Å². The van der Waals surface area contributed by atoms with Gasteiger partial charge in [0.1, 0.15) is 11.9 Å². The lowest BCUT2D eigenvalue weighted by molar-refractivity contribution is 0.198. The van der Waals surface area contributed by atoms with Gasteiger partial charge in [0.25, 0.3) is 0 Å². The number of nitrogens with zero attached hydrogens (tertiary/aromatic N) is 3. The van der Waals surface area contributed by atoms with Gasteiger partial charge in [0.05, 0.1) is 16.2 Å². The molecule has 1 fully saturated rings. The van der Waals surface area contributed by atoms with E-state index in [1.165, 1.54) is 4.31 Å². The molecular formula is C21H19FN4O4S. The lowest BCUT2D eigenvalue weighted by atomic mass is 10.1. The van der Waals surface area contributed by atoms with E-state index in [0.717, 1.165) is 36.6 Å². The lowest BCUT2D eigenvalue weighted by Gasteiger charge is -2.25. The van der Waals surface area contributed by atoms with Gasteiger partial charge in [-0.25, -0.2) is 22.6 Å². The molecule has 0 unspecified atom stereocenters. The monoisotopic (exact) mass is 442 g/mol. The van der Waals surface area contributed by atoms with E-state index in [1.807, 2.05) is 0 Å². The Bertz CT molecular complexity index is 1200. The standard InChI is InChI=1S/C21H19FN4O4S/c22-18-7-6-17(12-15(18)13-23)31(28,29)26-10-8-14(9-11-26)19-2-1-3-20(25-19)30-21(27)24-16-4-5-16/h1-3,6-8,12,16H,4-5,9-11H2,(H,24,27). The number of carbonyl (C=O) groups excluding carboxylic acids is 1. The maximum atomic E-state index is 13.5. The van der Waals surface area contributed by atoms with E-state index < -0.39 is 21.9 Å². The van der Waals surface area contributed by atoms with Crippen molar-refractivity contribution in [1.29, 1.82) is 5.26 Å². The number of nitrogens with one attached hydrogen (secondary N) is 1. The number of pyridine rings is 1. The quantitative estimate of drug-likeness (QED) is 0.762. The highest BCUT2D eigenvalue weighted by atomic mass is 32.2. The highest BCUT2D eigenvalue weighted by Gasteiger charge is 2.28. The van der Waals surface area contributed by atoms with Gasteiger partial charge in [-0.05, 0) is 49.1 Å². The van der Waals surface area contributed by atoms with Crippen molar-refractivity contribution < 1.29 is 22.3 Å². The van der Waals surface area contributed by atoms with Crippen molar-refractivity contribution in [1.82, 2.24) is 14.6 Å². The minimum atomic E-state index is -3.87. The molecule has 8 nitrogen and oxygen atoms in total. The van der Waals surface area contributed by atoms with Gasteiger partial charge in [-0.15, -0.1) is 0 Å². The fraction of sp³-hybridized carbons (Fsp3) is 0.286. The molecule has 1 aromatic carbocycles. The molecule has 1 aromatic heterocycles. The van der Waals surface area contributed by atoms with Crippen LogP contribution >= 0.6 is 0 Å². The summed E-state index contributed by atoms with van der Waals surface area (Å²) in [4.78, 5) is 16.0. The van der Waals surface area contributed by atoms with Crippen molar-refractivity contribution >= 4 is 21.7 Å². The molecule has 2 aliphatic rings. The van der Waals surface area contributed by atoms with Crippen LogP contribution in [0.25, 0.3) is 5.57 Å². The number of carbonyl (C=O) groups is 1. The molecule has 31 heavy (non-hydrogen) atoms. The van der Waals surface area contributed by atoms with Crippen molar-refractivity contribution in [2.45, 2.75) is 30.2 Å². The fourth-order valence-electron chi connectivity index (χ4n) is 3.17. The number of aromatic nitrogens is 1. The average molecular weight is 442 g/mol. The van der Waals surface area contributed by atoms with Crippen LogP contribution in [0.3, 0.4) is 0 Å². The third-order valence-electron chi connectivity index (χ3n) is 5.02. The van der Waals surface area contributed by atoms with Crippen LogP contribution in [0.4, 0.5) is 9.18 Å². The lowest BCUT2D eigenvalue weighted by Crippen LogP contribution is -2.34. The van der Waals surface area contributed by atoms with Gasteiger partial charge >= 0.3 is 6.09 Å². The zero-order valence-corrected chi connectivity index (χ0v) is 17.2. The first kappa shape index (κ1) is 21.0. The first-order valence-corrected chi connectivity index (χ1v) is 11.2. The normalized spacial score (nSPS) is 16.8. The first-order chi connectivity index (χ1) is 14.9. The van der Waals surface area contributed by atoms with Gasteiger partial charge < -0.3 is 10.1 Å². The van der Waals surface area contributed by atoms with Crippen LogP contribution in [-0.2, 0) is 10.0 Å². The topological polar surface area (TPSA) is 112 Å². The molecule has 0 saturated heterocycles. The van der Waals surface area contributed by atoms with E-state index in [4.69, 9.17) is 10.00 Å². The molecule has 160 valence electrons. The molecule has 1 aliphatic carbocycles. The summed E-state index contributed by atoms with van der Waals surface area (Å²) >= 11 is 0. The summed E-state index contributed by atoms with van der Waals surface area (Å²) in [5.41, 5.74) is 1.11. The zero-order chi connectivity index (χ0) is 22.0. The molecule has 0 spiro atoms. The number of halogens is 1. The minimum Gasteiger partial charge on any atom is -0.391 e. The maximum absolute atomic E-state index is 13.5. The predicted molar refractivity (Wildman–Crippen MR) is 109 cm³/mol. The van der Waals surface area contributed by atoms with Gasteiger partial charge in [-0.1, -0.05) is 12.1 Å². The summed E-state index contributed by atoms with van der Waals surface area (Å²) < 4.78 is 45.7. The van der Waals surface area contributed by atoms with Crippen LogP contribution in [0.15, 0.2) is 47.4 Å². The number of amides is 1. The largest absolute Gasteiger partial charge is 0.414 e. The molecule has 0 radical (unpaired) electrons. The summed E-state index contributed by atoms with van der Waals surface area (Å²) in [5, 5.41) is 11.7. The third-order valence-corrected chi connectivity index (χ3v) is 6.88. The summed E-state index contributed by atoms with van der Waals surface area (Å²) in [6.45, 7) is 0.300. The van der Waals surface area contributed by atoms with Gasteiger partial charge in [0.2, 0.25) is 15.9 Å². The summed E-state index contributed by atoms with van der Waals surface area (Å²) in [6.07, 6.45) is 3.50. The molecule has 1 aliphatic heterocycles. The highest BCUT2D eigenvalue weighted by Crippen LogP contribution is 2.27. The van der Waals surface area contributed by atoms with Crippen molar-refractivity contribution in [2.75, 3.05) is 13.1 Å². The van der Waals surface area contributed by atoms with Gasteiger partial charge in [0.15, 0.2) is 0 Å². The SMILES string of the molecule is N#Cc1cc(S(=O)(=O)N2CC=C(c3cccc(OC(=O)NC4CC4)n3)CC2)ccc1F. The number of sulfonamides is 1. The second kappa shape index (κ2) is 8.45. The fourth-order valence-corrected chi connectivity index (χ4v) is 4.58. The molecule has 2 aromatic rings. The second-order valence-corrected chi connectivity index (χ2v) is 9.20. The molecule has 4 rings (SSSR count). The Morgan fingerprint density at radius 1 is 1.29 bits per heavy atom. The summed E-state index contributed by atoms with van der Waals surface area (Å²) in [5.74, 6) is -0.594. The van der Waals surface area contributed by atoms with E-state index >= 15 is 0 Å². The smallest absolute Gasteiger partial charge is 0.391 e. The Hall–Kier alpha value is -3.29. The Balaban J connectivity index is 1.47. The van der Waals surface area contributed by atoms with Gasteiger partial charge in [-0.2, -0.15) is 9.57 Å². The number of rotatable bonds is 5. The van der Waals surface area contributed by atoms with Crippen LogP contribution in [0.2, 0.25) is 0 Å². The molecule has 1 saturated carbocycles. The average Bonchev–Trinajstić information content (AvgIpc) is 3.58. The molecule has 1 N–H and O–H groups in total. The zero-order valence-electron chi connectivity index (χ0n) is 16.4. The van der Waals surface area contributed by atoms with E-state index in [2.05, 4.69) is 10.3 Å². The van der Waals surface area contributed by atoms with Crippen LogP contribution in [0.1, 0.15) is 30.5 Å². The number of hydrogen-bond acceptors (Lipinski definition) is 6.